The smallest absolute Gasteiger partial charge is 0.338 e. The molecule has 0 aromatic carbocycles. The molecule has 7 nitrogen and oxygen atoms in total. The van der Waals surface area contributed by atoms with Gasteiger partial charge in [-0.15, -0.1) is 5.10 Å². The summed E-state index contributed by atoms with van der Waals surface area (Å²) in [5.41, 5.74) is 0.199. The van der Waals surface area contributed by atoms with Crippen LogP contribution < -0.4 is 0 Å². The van der Waals surface area contributed by atoms with Gasteiger partial charge in [0.25, 0.3) is 0 Å². The first-order valence-electron chi connectivity index (χ1n) is 6.28. The van der Waals surface area contributed by atoms with Crippen LogP contribution in [0, 0.1) is 0 Å². The van der Waals surface area contributed by atoms with Gasteiger partial charge in [0.2, 0.25) is 0 Å². The third-order valence-corrected chi connectivity index (χ3v) is 3.67. The summed E-state index contributed by atoms with van der Waals surface area (Å²) in [6.45, 7) is 2.87. The zero-order valence-electron chi connectivity index (χ0n) is 11.1. The topological polar surface area (TPSA) is 93.8 Å². The Hall–Kier alpha value is -1.96. The maximum Gasteiger partial charge on any atom is 0.338 e. The Balaban J connectivity index is 2.06. The summed E-state index contributed by atoms with van der Waals surface area (Å²) < 4.78 is 1.75. The van der Waals surface area contributed by atoms with Crippen molar-refractivity contribution >= 4 is 17.7 Å². The zero-order chi connectivity index (χ0) is 14.4. The van der Waals surface area contributed by atoms with E-state index < -0.39 is 5.97 Å². The number of nitrogens with zero attached hydrogens (tertiary/aromatic N) is 5. The molecule has 0 aliphatic carbocycles. The second-order valence-electron chi connectivity index (χ2n) is 4.12. The second kappa shape index (κ2) is 6.99. The lowest BCUT2D eigenvalue weighted by molar-refractivity contribution is 0.0692. The number of carboxylic acid groups (broad SMARTS) is 1. The molecule has 20 heavy (non-hydrogen) atoms. The Bertz CT molecular complexity index is 587. The van der Waals surface area contributed by atoms with Gasteiger partial charge in [0.05, 0.1) is 11.3 Å². The quantitative estimate of drug-likeness (QED) is 0.778. The fourth-order valence-electron chi connectivity index (χ4n) is 1.61. The van der Waals surface area contributed by atoms with Crippen LogP contribution in [0.15, 0.2) is 23.4 Å². The van der Waals surface area contributed by atoms with Crippen molar-refractivity contribution in [3.05, 3.63) is 29.7 Å². The van der Waals surface area contributed by atoms with Crippen molar-refractivity contribution in [3.63, 3.8) is 0 Å². The average molecular weight is 293 g/mol. The van der Waals surface area contributed by atoms with E-state index in [1.165, 1.54) is 17.8 Å². The zero-order valence-corrected chi connectivity index (χ0v) is 11.9. The van der Waals surface area contributed by atoms with Crippen LogP contribution in [0.5, 0.6) is 0 Å². The second-order valence-corrected chi connectivity index (χ2v) is 5.09. The van der Waals surface area contributed by atoms with Crippen LogP contribution in [0.4, 0.5) is 0 Å². The van der Waals surface area contributed by atoms with Gasteiger partial charge in [0.15, 0.2) is 5.82 Å². The Kier molecular flexibility index (Phi) is 5.05. The van der Waals surface area contributed by atoms with Gasteiger partial charge in [0.1, 0.15) is 5.03 Å². The Labute approximate surface area is 120 Å². The molecule has 0 fully saturated rings. The number of thioether (sulfide) groups is 1. The van der Waals surface area contributed by atoms with Crippen LogP contribution in [0.3, 0.4) is 0 Å². The highest BCUT2D eigenvalue weighted by Gasteiger charge is 2.13. The van der Waals surface area contributed by atoms with Gasteiger partial charge in [0, 0.05) is 12.7 Å². The van der Waals surface area contributed by atoms with Gasteiger partial charge in [-0.3, -0.25) is 0 Å². The molecule has 0 saturated heterocycles. The highest BCUT2D eigenvalue weighted by atomic mass is 32.2. The van der Waals surface area contributed by atoms with E-state index in [9.17, 15) is 4.79 Å². The molecule has 8 heteroatoms. The van der Waals surface area contributed by atoms with Crippen molar-refractivity contribution < 1.29 is 9.90 Å². The lowest BCUT2D eigenvalue weighted by Crippen LogP contribution is -2.06. The minimum atomic E-state index is -0.980. The molecular weight excluding hydrogens is 278 g/mol. The highest BCUT2D eigenvalue weighted by molar-refractivity contribution is 7.98. The summed E-state index contributed by atoms with van der Waals surface area (Å²) in [4.78, 5) is 15.2. The van der Waals surface area contributed by atoms with Crippen LogP contribution in [-0.4, -0.2) is 36.3 Å². The number of carboxylic acids is 1. The first-order chi connectivity index (χ1) is 9.72. The van der Waals surface area contributed by atoms with Crippen molar-refractivity contribution in [3.8, 4) is 0 Å². The predicted octanol–water partition coefficient (Wildman–Crippen LogP) is 1.86. The number of carbonyl (C=O) groups is 1. The van der Waals surface area contributed by atoms with Gasteiger partial charge < -0.3 is 5.11 Å². The molecule has 0 unspecified atom stereocenters. The van der Waals surface area contributed by atoms with Gasteiger partial charge in [-0.25, -0.2) is 14.5 Å². The Morgan fingerprint density at radius 1 is 1.50 bits per heavy atom. The summed E-state index contributed by atoms with van der Waals surface area (Å²) >= 11 is 1.33. The van der Waals surface area contributed by atoms with Crippen molar-refractivity contribution in [2.45, 2.75) is 37.1 Å². The summed E-state index contributed by atoms with van der Waals surface area (Å²) in [7, 11) is 0. The average Bonchev–Trinajstić information content (AvgIpc) is 2.90. The van der Waals surface area contributed by atoms with E-state index in [0.717, 1.165) is 25.2 Å². The van der Waals surface area contributed by atoms with E-state index in [1.54, 1.807) is 16.9 Å². The monoisotopic (exact) mass is 293 g/mol. The van der Waals surface area contributed by atoms with Crippen LogP contribution in [-0.2, 0) is 12.3 Å². The molecule has 2 heterocycles. The van der Waals surface area contributed by atoms with E-state index >= 15 is 0 Å². The fourth-order valence-corrected chi connectivity index (χ4v) is 2.53. The number of aromatic nitrogens is 5. The number of aromatic carboxylic acids is 1. The van der Waals surface area contributed by atoms with E-state index in [4.69, 9.17) is 5.11 Å². The minimum Gasteiger partial charge on any atom is -0.478 e. The van der Waals surface area contributed by atoms with E-state index in [2.05, 4.69) is 27.4 Å². The number of pyridine rings is 1. The molecule has 2 rings (SSSR count). The maximum atomic E-state index is 11.1. The largest absolute Gasteiger partial charge is 0.478 e. The van der Waals surface area contributed by atoms with Crippen LogP contribution in [0.1, 0.15) is 35.9 Å². The molecule has 1 N–H and O–H groups in total. The van der Waals surface area contributed by atoms with Crippen molar-refractivity contribution in [2.24, 2.45) is 0 Å². The summed E-state index contributed by atoms with van der Waals surface area (Å²) in [5, 5.41) is 21.1. The number of aryl methyl sites for hydroxylation is 1. The molecule has 2 aromatic heterocycles. The maximum absolute atomic E-state index is 11.1. The molecule has 0 aliphatic heterocycles. The predicted molar refractivity (Wildman–Crippen MR) is 73.5 cm³/mol. The van der Waals surface area contributed by atoms with Crippen molar-refractivity contribution in [1.29, 1.82) is 0 Å². The number of hydrogen-bond acceptors (Lipinski definition) is 6. The molecule has 0 saturated carbocycles. The highest BCUT2D eigenvalue weighted by Crippen LogP contribution is 2.23. The molecule has 2 aromatic rings. The molecule has 0 atom stereocenters. The Morgan fingerprint density at radius 2 is 2.35 bits per heavy atom. The SMILES string of the molecule is CCCCn1nnnc1CSc1ncccc1C(=O)O. The summed E-state index contributed by atoms with van der Waals surface area (Å²) in [5.74, 6) is 0.241. The lowest BCUT2D eigenvalue weighted by Gasteiger charge is -2.05. The standard InChI is InChI=1S/C12H15N5O2S/c1-2-3-7-17-10(14-15-16-17)8-20-11-9(12(18)19)5-4-6-13-11/h4-6H,2-3,7-8H2,1H3,(H,18,19). The van der Waals surface area contributed by atoms with Crippen molar-refractivity contribution in [2.75, 3.05) is 0 Å². The molecule has 0 bridgehead atoms. The molecular formula is C12H15N5O2S. The Morgan fingerprint density at radius 3 is 3.10 bits per heavy atom. The molecule has 0 radical (unpaired) electrons. The van der Waals surface area contributed by atoms with E-state index in [-0.39, 0.29) is 5.56 Å². The summed E-state index contributed by atoms with van der Waals surface area (Å²) in [6.07, 6.45) is 3.65. The molecule has 0 spiro atoms. The van der Waals surface area contributed by atoms with Crippen LogP contribution >= 0.6 is 11.8 Å². The third-order valence-electron chi connectivity index (χ3n) is 2.67. The number of unbranched alkanes of at least 4 members (excludes halogenated alkanes) is 1. The summed E-state index contributed by atoms with van der Waals surface area (Å²) in [6, 6.07) is 3.15. The van der Waals surface area contributed by atoms with Gasteiger partial charge >= 0.3 is 5.97 Å². The van der Waals surface area contributed by atoms with E-state index in [1.807, 2.05) is 0 Å². The van der Waals surface area contributed by atoms with E-state index in [0.29, 0.717) is 10.8 Å². The van der Waals surface area contributed by atoms with Crippen LogP contribution in [0.25, 0.3) is 0 Å². The van der Waals surface area contributed by atoms with Gasteiger partial charge in [-0.1, -0.05) is 25.1 Å². The van der Waals surface area contributed by atoms with Crippen LogP contribution in [0.2, 0.25) is 0 Å². The first kappa shape index (κ1) is 14.4. The minimum absolute atomic E-state index is 0.199. The fraction of sp³-hybridized carbons (Fsp3) is 0.417. The van der Waals surface area contributed by atoms with Gasteiger partial charge in [-0.2, -0.15) is 0 Å². The third kappa shape index (κ3) is 3.53. The number of rotatable bonds is 7. The first-order valence-corrected chi connectivity index (χ1v) is 7.27. The molecule has 0 amide bonds. The lowest BCUT2D eigenvalue weighted by atomic mass is 10.3. The molecule has 106 valence electrons. The normalized spacial score (nSPS) is 10.7. The number of tetrazole rings is 1. The van der Waals surface area contributed by atoms with Crippen molar-refractivity contribution in [1.82, 2.24) is 25.2 Å². The van der Waals surface area contributed by atoms with Gasteiger partial charge in [-0.05, 0) is 29.0 Å². The molecule has 0 aliphatic rings. The number of hydrogen-bond donors (Lipinski definition) is 1.